The number of amides is 1. The van der Waals surface area contributed by atoms with Crippen LogP contribution in [-0.4, -0.2) is 36.1 Å². The van der Waals surface area contributed by atoms with Crippen LogP contribution in [0.1, 0.15) is 20.2 Å². The van der Waals surface area contributed by atoms with Gasteiger partial charge >= 0.3 is 0 Å². The monoisotopic (exact) mass is 327 g/mol. The average Bonchev–Trinajstić information content (AvgIpc) is 3.03. The van der Waals surface area contributed by atoms with Gasteiger partial charge in [-0.2, -0.15) is 0 Å². The van der Waals surface area contributed by atoms with Gasteiger partial charge in [0.15, 0.2) is 5.13 Å². The second-order valence-corrected chi connectivity index (χ2v) is 6.13. The van der Waals surface area contributed by atoms with Gasteiger partial charge < -0.3 is 21.1 Å². The Kier molecular flexibility index (Phi) is 5.48. The highest BCUT2D eigenvalue weighted by atomic mass is 32.1. The minimum atomic E-state index is -0.224. The number of nitrogen functional groups attached to an aromatic ring is 1. The summed E-state index contributed by atoms with van der Waals surface area (Å²) in [4.78, 5) is 21.8. The summed E-state index contributed by atoms with van der Waals surface area (Å²) in [5.41, 5.74) is 8.47. The summed E-state index contributed by atoms with van der Waals surface area (Å²) in [6, 6.07) is 0. The molecule has 0 radical (unpaired) electrons. The van der Waals surface area contributed by atoms with Gasteiger partial charge in [0.25, 0.3) is 5.91 Å². The predicted molar refractivity (Wildman–Crippen MR) is 84.9 cm³/mol. The number of nitrogens with zero attached hydrogens (tertiary/aromatic N) is 2. The lowest BCUT2D eigenvalue weighted by atomic mass is 10.4. The molecule has 2 aromatic heterocycles. The van der Waals surface area contributed by atoms with E-state index in [2.05, 4.69) is 20.6 Å². The first-order valence-electron chi connectivity index (χ1n) is 6.28. The number of aryl methyl sites for hydroxylation is 1. The van der Waals surface area contributed by atoms with E-state index in [4.69, 9.17) is 10.5 Å². The van der Waals surface area contributed by atoms with E-state index in [0.29, 0.717) is 29.7 Å². The van der Waals surface area contributed by atoms with Crippen LogP contribution in [0.25, 0.3) is 0 Å². The van der Waals surface area contributed by atoms with E-state index in [1.165, 1.54) is 22.7 Å². The third kappa shape index (κ3) is 4.13. The van der Waals surface area contributed by atoms with Crippen LogP contribution in [0.4, 0.5) is 10.9 Å². The molecule has 7 nitrogen and oxygen atoms in total. The van der Waals surface area contributed by atoms with Gasteiger partial charge in [-0.25, -0.2) is 9.97 Å². The predicted octanol–water partition coefficient (Wildman–Crippen LogP) is 1.48. The topological polar surface area (TPSA) is 102 Å². The number of ether oxygens (including phenoxy) is 1. The van der Waals surface area contributed by atoms with Crippen LogP contribution in [0.2, 0.25) is 0 Å². The zero-order valence-electron chi connectivity index (χ0n) is 11.8. The third-order valence-electron chi connectivity index (χ3n) is 2.70. The van der Waals surface area contributed by atoms with Gasteiger partial charge in [-0.1, -0.05) is 11.3 Å². The smallest absolute Gasteiger partial charge is 0.265 e. The minimum Gasteiger partial charge on any atom is -0.383 e. The second-order valence-electron chi connectivity index (χ2n) is 4.20. The number of anilines is 2. The molecule has 0 spiro atoms. The molecule has 0 aromatic carbocycles. The SMILES string of the molecule is COCCNc1nc(N)c(C(=O)NCc2scnc2C)s1. The molecule has 2 heterocycles. The van der Waals surface area contributed by atoms with Crippen molar-refractivity contribution in [1.82, 2.24) is 15.3 Å². The first kappa shape index (κ1) is 15.7. The first-order chi connectivity index (χ1) is 10.1. The van der Waals surface area contributed by atoms with E-state index in [1.54, 1.807) is 12.6 Å². The van der Waals surface area contributed by atoms with Gasteiger partial charge in [-0.15, -0.1) is 11.3 Å². The molecule has 2 rings (SSSR count). The maximum atomic E-state index is 12.1. The Morgan fingerprint density at radius 3 is 3.00 bits per heavy atom. The lowest BCUT2D eigenvalue weighted by Gasteiger charge is -2.02. The summed E-state index contributed by atoms with van der Waals surface area (Å²) in [6.45, 7) is 3.53. The molecule has 2 aromatic rings. The van der Waals surface area contributed by atoms with Crippen LogP contribution in [0, 0.1) is 6.92 Å². The van der Waals surface area contributed by atoms with Crippen molar-refractivity contribution >= 4 is 39.5 Å². The Labute approximate surface area is 130 Å². The molecule has 0 fully saturated rings. The maximum Gasteiger partial charge on any atom is 0.265 e. The highest BCUT2D eigenvalue weighted by molar-refractivity contribution is 7.18. The molecule has 114 valence electrons. The number of hydrogen-bond donors (Lipinski definition) is 3. The van der Waals surface area contributed by atoms with Gasteiger partial charge in [0.05, 0.1) is 24.4 Å². The standard InChI is InChI=1S/C12H17N5O2S2/c1-7-8(20-6-16-7)5-15-11(18)9-10(13)17-12(21-9)14-3-4-19-2/h6H,3-5,13H2,1-2H3,(H,14,17)(H,15,18). The molecular weight excluding hydrogens is 310 g/mol. The van der Waals surface area contributed by atoms with Crippen molar-refractivity contribution in [2.45, 2.75) is 13.5 Å². The number of aromatic nitrogens is 2. The summed E-state index contributed by atoms with van der Waals surface area (Å²) >= 11 is 2.75. The van der Waals surface area contributed by atoms with E-state index in [-0.39, 0.29) is 11.7 Å². The second kappa shape index (κ2) is 7.34. The molecule has 0 saturated carbocycles. The number of carbonyl (C=O) groups is 1. The van der Waals surface area contributed by atoms with Crippen molar-refractivity contribution in [2.24, 2.45) is 0 Å². The van der Waals surface area contributed by atoms with Gasteiger partial charge in [0.2, 0.25) is 0 Å². The van der Waals surface area contributed by atoms with Crippen molar-refractivity contribution in [3.8, 4) is 0 Å². The average molecular weight is 327 g/mol. The fraction of sp³-hybridized carbons (Fsp3) is 0.417. The van der Waals surface area contributed by atoms with Crippen LogP contribution in [0.3, 0.4) is 0 Å². The normalized spacial score (nSPS) is 10.6. The molecule has 21 heavy (non-hydrogen) atoms. The summed E-state index contributed by atoms with van der Waals surface area (Å²) in [6.07, 6.45) is 0. The number of nitrogens with one attached hydrogen (secondary N) is 2. The molecule has 0 atom stereocenters. The zero-order chi connectivity index (χ0) is 15.2. The lowest BCUT2D eigenvalue weighted by Crippen LogP contribution is -2.22. The zero-order valence-corrected chi connectivity index (χ0v) is 13.4. The van der Waals surface area contributed by atoms with Gasteiger partial charge in [0, 0.05) is 18.5 Å². The van der Waals surface area contributed by atoms with Crippen LogP contribution in [0.5, 0.6) is 0 Å². The molecule has 1 amide bonds. The number of nitrogens with two attached hydrogens (primary N) is 1. The van der Waals surface area contributed by atoms with Crippen molar-refractivity contribution in [1.29, 1.82) is 0 Å². The molecule has 0 aliphatic heterocycles. The molecule has 9 heteroatoms. The van der Waals surface area contributed by atoms with Crippen LogP contribution in [0.15, 0.2) is 5.51 Å². The van der Waals surface area contributed by atoms with Crippen LogP contribution in [-0.2, 0) is 11.3 Å². The number of carbonyl (C=O) groups excluding carboxylic acids is 1. The fourth-order valence-corrected chi connectivity index (χ4v) is 3.11. The molecule has 0 saturated heterocycles. The minimum absolute atomic E-state index is 0.224. The summed E-state index contributed by atoms with van der Waals surface area (Å²) in [5, 5.41) is 6.50. The molecular formula is C12H17N5O2S2. The fourth-order valence-electron chi connectivity index (χ4n) is 1.57. The summed E-state index contributed by atoms with van der Waals surface area (Å²) < 4.78 is 4.94. The molecule has 4 N–H and O–H groups in total. The number of rotatable bonds is 7. The summed E-state index contributed by atoms with van der Waals surface area (Å²) in [7, 11) is 1.62. The highest BCUT2D eigenvalue weighted by Gasteiger charge is 2.16. The van der Waals surface area contributed by atoms with Crippen molar-refractivity contribution in [2.75, 3.05) is 31.3 Å². The highest BCUT2D eigenvalue weighted by Crippen LogP contribution is 2.24. The largest absolute Gasteiger partial charge is 0.383 e. The van der Waals surface area contributed by atoms with Crippen molar-refractivity contribution in [3.63, 3.8) is 0 Å². The van der Waals surface area contributed by atoms with Crippen LogP contribution < -0.4 is 16.4 Å². The first-order valence-corrected chi connectivity index (χ1v) is 7.97. The van der Waals surface area contributed by atoms with Gasteiger partial charge in [-0.3, -0.25) is 4.79 Å². The molecule has 0 aliphatic rings. The van der Waals surface area contributed by atoms with Crippen LogP contribution >= 0.6 is 22.7 Å². The lowest BCUT2D eigenvalue weighted by molar-refractivity contribution is 0.0956. The summed E-state index contributed by atoms with van der Waals surface area (Å²) in [5.74, 6) is 0.0102. The quantitative estimate of drug-likeness (QED) is 0.666. The third-order valence-corrected chi connectivity index (χ3v) is 4.66. The Hall–Kier alpha value is -1.71. The van der Waals surface area contributed by atoms with Gasteiger partial charge in [0.1, 0.15) is 10.7 Å². The number of hydrogen-bond acceptors (Lipinski definition) is 8. The Morgan fingerprint density at radius 1 is 1.52 bits per heavy atom. The Morgan fingerprint density at radius 2 is 2.33 bits per heavy atom. The number of thiazole rings is 2. The van der Waals surface area contributed by atoms with E-state index in [1.807, 2.05) is 6.92 Å². The molecule has 0 bridgehead atoms. The molecule has 0 unspecified atom stereocenters. The van der Waals surface area contributed by atoms with Gasteiger partial charge in [-0.05, 0) is 6.92 Å². The maximum absolute atomic E-state index is 12.1. The van der Waals surface area contributed by atoms with E-state index >= 15 is 0 Å². The Balaban J connectivity index is 1.94. The van der Waals surface area contributed by atoms with Crippen molar-refractivity contribution in [3.05, 3.63) is 21.0 Å². The van der Waals surface area contributed by atoms with Crippen molar-refractivity contribution < 1.29 is 9.53 Å². The molecule has 0 aliphatic carbocycles. The number of methoxy groups -OCH3 is 1. The van der Waals surface area contributed by atoms with E-state index < -0.39 is 0 Å². The van der Waals surface area contributed by atoms with E-state index in [9.17, 15) is 4.79 Å². The Bertz CT molecular complexity index is 611. The van der Waals surface area contributed by atoms with E-state index in [0.717, 1.165) is 10.6 Å².